The highest BCUT2D eigenvalue weighted by molar-refractivity contribution is 5.92. The van der Waals surface area contributed by atoms with Gasteiger partial charge < -0.3 is 19.1 Å². The molecule has 43 heavy (non-hydrogen) atoms. The molecule has 1 N–H and O–H groups in total. The first-order chi connectivity index (χ1) is 20.8. The van der Waals surface area contributed by atoms with Crippen LogP contribution in [0, 0.1) is 18.2 Å². The Bertz CT molecular complexity index is 1830. The molecular formula is C34H31F2N3O4. The lowest BCUT2D eigenvalue weighted by molar-refractivity contribution is 0.0697. The number of methoxy groups -OCH3 is 1. The summed E-state index contributed by atoms with van der Waals surface area (Å²) in [7, 11) is 1.62. The number of alkyl halides is 1. The van der Waals surface area contributed by atoms with Crippen LogP contribution in [0.15, 0.2) is 72.8 Å². The van der Waals surface area contributed by atoms with Crippen LogP contribution in [-0.4, -0.2) is 39.4 Å². The number of rotatable bonds is 11. The Labute approximate surface area is 247 Å². The fourth-order valence-electron chi connectivity index (χ4n) is 5.26. The van der Waals surface area contributed by atoms with Crippen LogP contribution >= 0.6 is 0 Å². The second-order valence-electron chi connectivity index (χ2n) is 11.2. The molecule has 0 aliphatic heterocycles. The number of hydrogen-bond acceptors (Lipinski definition) is 5. The van der Waals surface area contributed by atoms with E-state index in [2.05, 4.69) is 4.98 Å². The maximum absolute atomic E-state index is 15.5. The Morgan fingerprint density at radius 2 is 1.84 bits per heavy atom. The number of halogens is 2. The van der Waals surface area contributed by atoms with Crippen molar-refractivity contribution in [3.05, 3.63) is 107 Å². The van der Waals surface area contributed by atoms with E-state index in [4.69, 9.17) is 14.5 Å². The minimum atomic E-state index is -1.05. The number of pyridine rings is 1. The maximum Gasteiger partial charge on any atom is 0.335 e. The van der Waals surface area contributed by atoms with Crippen molar-refractivity contribution in [1.29, 1.82) is 0 Å². The molecule has 0 saturated heterocycles. The third-order valence-electron chi connectivity index (χ3n) is 8.05. The summed E-state index contributed by atoms with van der Waals surface area (Å²) < 4.78 is 42.6. The van der Waals surface area contributed by atoms with Crippen LogP contribution in [0.1, 0.15) is 45.7 Å². The lowest BCUT2D eigenvalue weighted by Gasteiger charge is -2.16. The first-order valence-electron chi connectivity index (χ1n) is 14.1. The van der Waals surface area contributed by atoms with E-state index in [1.54, 1.807) is 43.5 Å². The van der Waals surface area contributed by atoms with Gasteiger partial charge in [0, 0.05) is 35.6 Å². The highest BCUT2D eigenvalue weighted by atomic mass is 19.1. The molecule has 5 aromatic rings. The monoisotopic (exact) mass is 583 g/mol. The zero-order valence-corrected chi connectivity index (χ0v) is 23.9. The van der Waals surface area contributed by atoms with Crippen molar-refractivity contribution in [1.82, 2.24) is 14.5 Å². The van der Waals surface area contributed by atoms with Gasteiger partial charge in [0.1, 0.15) is 24.0 Å². The van der Waals surface area contributed by atoms with Gasteiger partial charge in [-0.3, -0.25) is 4.39 Å². The van der Waals surface area contributed by atoms with Crippen molar-refractivity contribution in [3.63, 3.8) is 0 Å². The minimum absolute atomic E-state index is 0.123. The van der Waals surface area contributed by atoms with E-state index in [0.717, 1.165) is 29.7 Å². The number of fused-ring (bicyclic) bond motifs is 1. The first-order valence-corrected chi connectivity index (χ1v) is 14.1. The molecule has 1 fully saturated rings. The third-order valence-corrected chi connectivity index (χ3v) is 8.05. The van der Waals surface area contributed by atoms with Crippen molar-refractivity contribution in [2.24, 2.45) is 5.41 Å². The van der Waals surface area contributed by atoms with Gasteiger partial charge in [-0.15, -0.1) is 0 Å². The molecule has 0 amide bonds. The van der Waals surface area contributed by atoms with Crippen LogP contribution in [-0.2, 0) is 19.6 Å². The average Bonchev–Trinajstić information content (AvgIpc) is 3.72. The van der Waals surface area contributed by atoms with Crippen molar-refractivity contribution >= 4 is 17.0 Å². The van der Waals surface area contributed by atoms with E-state index in [-0.39, 0.29) is 18.6 Å². The standard InChI is InChI=1S/C34H31F2N3O4/c1-21-6-7-25(30(14-21)42-2)18-43-32-5-3-4-27(38-32)23-9-8-22(26(36)15-23)17-31-37-28-11-10-24(33(40)41)16-29(28)39(31)20-34(19-35)12-13-34/h3-11,14-16H,12-13,17-20H2,1-2H3,(H,40,41). The number of nitrogens with zero attached hydrogens (tertiary/aromatic N) is 3. The van der Waals surface area contributed by atoms with Gasteiger partial charge in [-0.2, -0.15) is 0 Å². The number of aromatic carboxylic acids is 1. The molecule has 7 nitrogen and oxygen atoms in total. The van der Waals surface area contributed by atoms with Crippen molar-refractivity contribution in [2.75, 3.05) is 13.8 Å². The van der Waals surface area contributed by atoms with Crippen LogP contribution in [0.4, 0.5) is 8.78 Å². The highest BCUT2D eigenvalue weighted by Crippen LogP contribution is 2.48. The number of benzene rings is 3. The minimum Gasteiger partial charge on any atom is -0.496 e. The van der Waals surface area contributed by atoms with Crippen LogP contribution in [0.3, 0.4) is 0 Å². The SMILES string of the molecule is COc1cc(C)ccc1COc1cccc(-c2ccc(Cc3nc4ccc(C(=O)O)cc4n3CC3(CF)CC3)c(F)c2)n1. The number of aromatic nitrogens is 3. The van der Waals surface area contributed by atoms with Gasteiger partial charge in [0.25, 0.3) is 0 Å². The fraction of sp³-hybridized carbons (Fsp3) is 0.265. The summed E-state index contributed by atoms with van der Waals surface area (Å²) in [6.07, 6.45) is 1.66. The molecule has 1 aliphatic carbocycles. The van der Waals surface area contributed by atoms with E-state index in [9.17, 15) is 14.3 Å². The third kappa shape index (κ3) is 5.93. The molecule has 0 unspecified atom stereocenters. The largest absolute Gasteiger partial charge is 0.496 e. The maximum atomic E-state index is 15.5. The number of carbonyl (C=O) groups is 1. The van der Waals surface area contributed by atoms with Crippen LogP contribution < -0.4 is 9.47 Å². The lowest BCUT2D eigenvalue weighted by Crippen LogP contribution is -2.16. The molecule has 3 aromatic carbocycles. The van der Waals surface area contributed by atoms with Crippen molar-refractivity contribution in [2.45, 2.75) is 39.3 Å². The predicted molar refractivity (Wildman–Crippen MR) is 159 cm³/mol. The Morgan fingerprint density at radius 3 is 2.56 bits per heavy atom. The van der Waals surface area contributed by atoms with E-state index < -0.39 is 23.9 Å². The smallest absolute Gasteiger partial charge is 0.335 e. The van der Waals surface area contributed by atoms with Gasteiger partial charge in [-0.1, -0.05) is 30.3 Å². The molecule has 6 rings (SSSR count). The van der Waals surface area contributed by atoms with E-state index in [1.807, 2.05) is 35.8 Å². The molecule has 1 aliphatic rings. The zero-order valence-electron chi connectivity index (χ0n) is 23.9. The number of carboxylic acids is 1. The lowest BCUT2D eigenvalue weighted by atomic mass is 10.0. The number of imidazole rings is 1. The summed E-state index contributed by atoms with van der Waals surface area (Å²) in [6.45, 7) is 2.16. The molecule has 0 atom stereocenters. The van der Waals surface area contributed by atoms with Gasteiger partial charge in [-0.25, -0.2) is 19.2 Å². The van der Waals surface area contributed by atoms with Gasteiger partial charge in [0.2, 0.25) is 5.88 Å². The van der Waals surface area contributed by atoms with Crippen LogP contribution in [0.5, 0.6) is 11.6 Å². The Morgan fingerprint density at radius 1 is 1.02 bits per heavy atom. The van der Waals surface area contributed by atoms with E-state index >= 15 is 4.39 Å². The van der Waals surface area contributed by atoms with E-state index in [0.29, 0.717) is 46.1 Å². The number of aryl methyl sites for hydroxylation is 1. The summed E-state index contributed by atoms with van der Waals surface area (Å²) in [6, 6.07) is 20.9. The second-order valence-corrected chi connectivity index (χ2v) is 11.2. The molecule has 1 saturated carbocycles. The van der Waals surface area contributed by atoms with Gasteiger partial charge in [0.15, 0.2) is 0 Å². The molecule has 220 valence electrons. The summed E-state index contributed by atoms with van der Waals surface area (Å²) in [4.78, 5) is 20.9. The zero-order chi connectivity index (χ0) is 30.1. The predicted octanol–water partition coefficient (Wildman–Crippen LogP) is 7.17. The summed E-state index contributed by atoms with van der Waals surface area (Å²) in [5, 5.41) is 9.50. The molecule has 0 bridgehead atoms. The van der Waals surface area contributed by atoms with Crippen molar-refractivity contribution < 1.29 is 28.2 Å². The summed E-state index contributed by atoms with van der Waals surface area (Å²) in [5.41, 5.74) is 4.39. The molecule has 2 heterocycles. The molecule has 0 spiro atoms. The van der Waals surface area contributed by atoms with Gasteiger partial charge in [0.05, 0.1) is 36.1 Å². The fourth-order valence-corrected chi connectivity index (χ4v) is 5.26. The molecular weight excluding hydrogens is 552 g/mol. The van der Waals surface area contributed by atoms with E-state index in [1.165, 1.54) is 12.1 Å². The Kier molecular flexibility index (Phi) is 7.56. The highest BCUT2D eigenvalue weighted by Gasteiger charge is 2.43. The van der Waals surface area contributed by atoms with Gasteiger partial charge in [-0.05, 0) is 67.3 Å². The Balaban J connectivity index is 1.24. The van der Waals surface area contributed by atoms with Crippen LogP contribution in [0.2, 0.25) is 0 Å². The quantitative estimate of drug-likeness (QED) is 0.177. The molecule has 0 radical (unpaired) electrons. The normalized spacial score (nSPS) is 13.7. The van der Waals surface area contributed by atoms with Crippen molar-refractivity contribution in [3.8, 4) is 22.9 Å². The second kappa shape index (κ2) is 11.5. The number of ether oxygens (including phenoxy) is 2. The summed E-state index contributed by atoms with van der Waals surface area (Å²) >= 11 is 0. The van der Waals surface area contributed by atoms with Gasteiger partial charge >= 0.3 is 5.97 Å². The molecule has 2 aromatic heterocycles. The number of hydrogen-bond donors (Lipinski definition) is 1. The average molecular weight is 584 g/mol. The Hall–Kier alpha value is -4.79. The number of carboxylic acid groups (broad SMARTS) is 1. The molecule has 9 heteroatoms. The summed E-state index contributed by atoms with van der Waals surface area (Å²) in [5.74, 6) is 0.223. The van der Waals surface area contributed by atoms with Crippen LogP contribution in [0.25, 0.3) is 22.3 Å². The first kappa shape index (κ1) is 28.3. The topological polar surface area (TPSA) is 86.5 Å².